The molecule has 9 heteroatoms. The number of aromatic carboxylic acids is 1. The van der Waals surface area contributed by atoms with Crippen molar-refractivity contribution in [2.24, 2.45) is 0 Å². The zero-order chi connectivity index (χ0) is 19.5. The molecule has 0 saturated carbocycles. The van der Waals surface area contributed by atoms with Crippen LogP contribution in [0.3, 0.4) is 0 Å². The number of hydrogen-bond acceptors (Lipinski definition) is 8. The van der Waals surface area contributed by atoms with Gasteiger partial charge < -0.3 is 24.6 Å². The minimum Gasteiger partial charge on any atom is -0.496 e. The highest BCUT2D eigenvalue weighted by Crippen LogP contribution is 2.34. The second-order valence-corrected chi connectivity index (χ2v) is 6.97. The van der Waals surface area contributed by atoms with E-state index in [9.17, 15) is 19.5 Å². The van der Waals surface area contributed by atoms with Crippen molar-refractivity contribution in [3.05, 3.63) is 29.5 Å². The average molecular weight is 381 g/mol. The van der Waals surface area contributed by atoms with Gasteiger partial charge in [-0.1, -0.05) is 6.92 Å². The topological polar surface area (TPSA) is 111 Å². The van der Waals surface area contributed by atoms with Crippen LogP contribution < -0.4 is 10.1 Å². The largest absolute Gasteiger partial charge is 0.496 e. The summed E-state index contributed by atoms with van der Waals surface area (Å²) >= 11 is 1.40. The maximum absolute atomic E-state index is 12.0. The van der Waals surface area contributed by atoms with Gasteiger partial charge in [0.05, 0.1) is 12.8 Å². The van der Waals surface area contributed by atoms with Gasteiger partial charge in [0.15, 0.2) is 5.57 Å². The number of benzene rings is 1. The average Bonchev–Trinajstić information content (AvgIpc) is 2.53. The number of nitrogens with one attached hydrogen (secondary N) is 1. The number of anilines is 1. The SMILES string of the molecule is CCSc1cc(C(=O)O)c(OC)cc1NC=C1C(=O)OC(C)(C)OC1=O. The monoisotopic (exact) mass is 381 g/mol. The van der Waals surface area contributed by atoms with Crippen LogP contribution in [0, 0.1) is 0 Å². The van der Waals surface area contributed by atoms with Crippen LogP contribution in [-0.2, 0) is 19.1 Å². The Morgan fingerprint density at radius 1 is 1.31 bits per heavy atom. The van der Waals surface area contributed by atoms with Gasteiger partial charge >= 0.3 is 17.9 Å². The third-order valence-electron chi connectivity index (χ3n) is 3.32. The molecule has 2 N–H and O–H groups in total. The maximum atomic E-state index is 12.0. The molecule has 1 heterocycles. The van der Waals surface area contributed by atoms with Gasteiger partial charge in [0, 0.05) is 31.0 Å². The van der Waals surface area contributed by atoms with Gasteiger partial charge in [0.1, 0.15) is 11.3 Å². The number of hydrogen-bond donors (Lipinski definition) is 2. The fourth-order valence-electron chi connectivity index (χ4n) is 2.21. The van der Waals surface area contributed by atoms with E-state index in [1.807, 2.05) is 6.92 Å². The highest BCUT2D eigenvalue weighted by atomic mass is 32.2. The Bertz CT molecular complexity index is 764. The molecule has 0 atom stereocenters. The molecule has 1 aliphatic rings. The maximum Gasteiger partial charge on any atom is 0.350 e. The van der Waals surface area contributed by atoms with Crippen molar-refractivity contribution in [2.75, 3.05) is 18.2 Å². The van der Waals surface area contributed by atoms with E-state index in [2.05, 4.69) is 5.32 Å². The minimum atomic E-state index is -1.32. The van der Waals surface area contributed by atoms with E-state index in [1.165, 1.54) is 51.1 Å². The summed E-state index contributed by atoms with van der Waals surface area (Å²) in [6.45, 7) is 4.83. The molecule has 8 nitrogen and oxygen atoms in total. The molecule has 1 saturated heterocycles. The molecule has 0 spiro atoms. The molecule has 26 heavy (non-hydrogen) atoms. The van der Waals surface area contributed by atoms with E-state index in [0.717, 1.165) is 0 Å². The first-order valence-corrected chi connectivity index (χ1v) is 8.68. The predicted octanol–water partition coefficient (Wildman–Crippen LogP) is 2.64. The summed E-state index contributed by atoms with van der Waals surface area (Å²) in [5.41, 5.74) is 0.203. The summed E-state index contributed by atoms with van der Waals surface area (Å²) in [7, 11) is 1.36. The zero-order valence-electron chi connectivity index (χ0n) is 14.7. The van der Waals surface area contributed by atoms with E-state index in [1.54, 1.807) is 0 Å². The lowest BCUT2D eigenvalue weighted by molar-refractivity contribution is -0.222. The molecule has 0 amide bonds. The van der Waals surface area contributed by atoms with Gasteiger partial charge in [-0.05, 0) is 11.8 Å². The quantitative estimate of drug-likeness (QED) is 0.332. The first-order chi connectivity index (χ1) is 12.2. The number of carbonyl (C=O) groups is 3. The summed E-state index contributed by atoms with van der Waals surface area (Å²) in [6, 6.07) is 2.96. The molecule has 0 bridgehead atoms. The molecule has 1 aromatic rings. The molecule has 0 unspecified atom stereocenters. The highest BCUT2D eigenvalue weighted by molar-refractivity contribution is 7.99. The van der Waals surface area contributed by atoms with E-state index < -0.39 is 23.7 Å². The number of methoxy groups -OCH3 is 1. The molecule has 1 aliphatic heterocycles. The minimum absolute atomic E-state index is 0.0138. The number of cyclic esters (lactones) is 2. The summed E-state index contributed by atoms with van der Waals surface area (Å²) in [6.07, 6.45) is 1.18. The number of ether oxygens (including phenoxy) is 3. The van der Waals surface area contributed by atoms with Gasteiger partial charge in [0.2, 0.25) is 0 Å². The van der Waals surface area contributed by atoms with Crippen LogP contribution in [0.5, 0.6) is 5.75 Å². The van der Waals surface area contributed by atoms with Gasteiger partial charge in [-0.25, -0.2) is 14.4 Å². The van der Waals surface area contributed by atoms with Gasteiger partial charge in [-0.3, -0.25) is 0 Å². The van der Waals surface area contributed by atoms with Gasteiger partial charge in [-0.15, -0.1) is 11.8 Å². The van der Waals surface area contributed by atoms with Crippen molar-refractivity contribution in [1.29, 1.82) is 0 Å². The predicted molar refractivity (Wildman–Crippen MR) is 94.3 cm³/mol. The zero-order valence-corrected chi connectivity index (χ0v) is 15.6. The Balaban J connectivity index is 2.37. The number of carboxylic acids is 1. The second-order valence-electron chi connectivity index (χ2n) is 5.67. The fourth-order valence-corrected chi connectivity index (χ4v) is 3.00. The Kier molecular flexibility index (Phi) is 5.81. The molecule has 0 radical (unpaired) electrons. The lowest BCUT2D eigenvalue weighted by Gasteiger charge is -2.29. The molecule has 140 valence electrons. The van der Waals surface area contributed by atoms with Gasteiger partial charge in [-0.2, -0.15) is 0 Å². The first kappa shape index (κ1) is 19.6. The number of carboxylic acid groups (broad SMARTS) is 1. The van der Waals surface area contributed by atoms with Crippen molar-refractivity contribution in [3.63, 3.8) is 0 Å². The van der Waals surface area contributed by atoms with Crippen molar-refractivity contribution in [2.45, 2.75) is 31.5 Å². The van der Waals surface area contributed by atoms with Crippen LogP contribution in [-0.4, -0.2) is 41.7 Å². The molecule has 0 aromatic heterocycles. The van der Waals surface area contributed by atoms with Crippen molar-refractivity contribution >= 4 is 35.4 Å². The van der Waals surface area contributed by atoms with Crippen LogP contribution in [0.1, 0.15) is 31.1 Å². The fraction of sp³-hybridized carbons (Fsp3) is 0.353. The summed E-state index contributed by atoms with van der Waals surface area (Å²) in [5.74, 6) is -3.22. The number of carbonyl (C=O) groups excluding carboxylic acids is 2. The summed E-state index contributed by atoms with van der Waals surface area (Å²) in [5, 5.41) is 12.1. The Labute approximate surface area is 154 Å². The normalized spacial score (nSPS) is 15.8. The first-order valence-electron chi connectivity index (χ1n) is 7.70. The van der Waals surface area contributed by atoms with Gasteiger partial charge in [0.25, 0.3) is 5.79 Å². The van der Waals surface area contributed by atoms with E-state index >= 15 is 0 Å². The smallest absolute Gasteiger partial charge is 0.350 e. The third kappa shape index (κ3) is 4.29. The third-order valence-corrected chi connectivity index (χ3v) is 4.26. The number of rotatable bonds is 6. The van der Waals surface area contributed by atoms with Crippen LogP contribution in [0.4, 0.5) is 5.69 Å². The standard InChI is InChI=1S/C17H19NO7S/c1-5-26-13-6-9(14(19)20)12(23-4)7-11(13)18-8-10-15(21)24-17(2,3)25-16(10)22/h6-8,18H,5H2,1-4H3,(H,19,20). The van der Waals surface area contributed by atoms with Crippen LogP contribution in [0.15, 0.2) is 28.8 Å². The van der Waals surface area contributed by atoms with E-state index in [0.29, 0.717) is 16.3 Å². The molecule has 1 fully saturated rings. The molecule has 0 aliphatic carbocycles. The van der Waals surface area contributed by atoms with Crippen molar-refractivity contribution < 1.29 is 33.7 Å². The van der Waals surface area contributed by atoms with Crippen molar-refractivity contribution in [1.82, 2.24) is 0 Å². The van der Waals surface area contributed by atoms with Crippen LogP contribution >= 0.6 is 11.8 Å². The van der Waals surface area contributed by atoms with Crippen molar-refractivity contribution in [3.8, 4) is 5.75 Å². The number of thioether (sulfide) groups is 1. The Hall–Kier alpha value is -2.68. The summed E-state index contributed by atoms with van der Waals surface area (Å²) < 4.78 is 15.1. The summed E-state index contributed by atoms with van der Waals surface area (Å²) in [4.78, 5) is 35.9. The lowest BCUT2D eigenvalue weighted by atomic mass is 10.1. The molecular formula is C17H19NO7S. The van der Waals surface area contributed by atoms with Crippen LogP contribution in [0.25, 0.3) is 0 Å². The van der Waals surface area contributed by atoms with E-state index in [-0.39, 0.29) is 16.9 Å². The van der Waals surface area contributed by atoms with E-state index in [4.69, 9.17) is 14.2 Å². The highest BCUT2D eigenvalue weighted by Gasteiger charge is 2.39. The Morgan fingerprint density at radius 3 is 2.42 bits per heavy atom. The Morgan fingerprint density at radius 2 is 1.92 bits per heavy atom. The molecule has 2 rings (SSSR count). The molecule has 1 aromatic carbocycles. The number of esters is 2. The second kappa shape index (κ2) is 7.69. The molecular weight excluding hydrogens is 362 g/mol. The van der Waals surface area contributed by atoms with Crippen LogP contribution in [0.2, 0.25) is 0 Å². The lowest BCUT2D eigenvalue weighted by Crippen LogP contribution is -2.42.